The lowest BCUT2D eigenvalue weighted by molar-refractivity contribution is -0.181. The van der Waals surface area contributed by atoms with Gasteiger partial charge in [-0.3, -0.25) is 4.79 Å². The lowest BCUT2D eigenvalue weighted by Crippen LogP contribution is -2.33. The first kappa shape index (κ1) is 15.0. The van der Waals surface area contributed by atoms with Gasteiger partial charge in [0.05, 0.1) is 13.2 Å². The van der Waals surface area contributed by atoms with Crippen LogP contribution in [0.5, 0.6) is 0 Å². The quantitative estimate of drug-likeness (QED) is 0.766. The van der Waals surface area contributed by atoms with Crippen LogP contribution in [0.25, 0.3) is 0 Å². The van der Waals surface area contributed by atoms with Crippen molar-refractivity contribution in [1.82, 2.24) is 0 Å². The highest BCUT2D eigenvalue weighted by atomic mass is 16.7. The molecule has 1 saturated heterocycles. The number of rotatable bonds is 2. The van der Waals surface area contributed by atoms with Gasteiger partial charge in [0, 0.05) is 24.7 Å². The van der Waals surface area contributed by atoms with Crippen LogP contribution in [0.3, 0.4) is 0 Å². The van der Waals surface area contributed by atoms with Crippen LogP contribution in [0.4, 0.5) is 0 Å². The summed E-state index contributed by atoms with van der Waals surface area (Å²) in [5.41, 5.74) is 0. The first-order valence-electron chi connectivity index (χ1n) is 8.02. The topological polar surface area (TPSA) is 35.5 Å². The summed E-state index contributed by atoms with van der Waals surface area (Å²) in [6.45, 7) is 5.92. The zero-order chi connectivity index (χ0) is 13.7. The second-order valence-electron chi connectivity index (χ2n) is 5.97. The number of hydrogen-bond donors (Lipinski definition) is 0. The van der Waals surface area contributed by atoms with Crippen molar-refractivity contribution in [3.05, 3.63) is 0 Å². The van der Waals surface area contributed by atoms with Crippen LogP contribution in [-0.2, 0) is 14.3 Å². The summed E-state index contributed by atoms with van der Waals surface area (Å²) in [5.74, 6) is 1.43. The van der Waals surface area contributed by atoms with E-state index in [-0.39, 0.29) is 5.79 Å². The third-order valence-electron chi connectivity index (χ3n) is 4.89. The van der Waals surface area contributed by atoms with E-state index in [2.05, 4.69) is 13.8 Å². The third-order valence-corrected chi connectivity index (χ3v) is 4.89. The van der Waals surface area contributed by atoms with Crippen molar-refractivity contribution >= 4 is 5.78 Å². The van der Waals surface area contributed by atoms with Gasteiger partial charge in [0.25, 0.3) is 0 Å². The van der Waals surface area contributed by atoms with Crippen LogP contribution in [0.2, 0.25) is 0 Å². The first-order chi connectivity index (χ1) is 9.22. The molecule has 3 nitrogen and oxygen atoms in total. The maximum Gasteiger partial charge on any atom is 0.171 e. The zero-order valence-electron chi connectivity index (χ0n) is 12.5. The van der Waals surface area contributed by atoms with Crippen LogP contribution in [0.15, 0.2) is 0 Å². The summed E-state index contributed by atoms with van der Waals surface area (Å²) >= 11 is 0. The Morgan fingerprint density at radius 2 is 1.84 bits per heavy atom. The molecule has 1 heterocycles. The lowest BCUT2D eigenvalue weighted by atomic mass is 10.00. The van der Waals surface area contributed by atoms with Crippen molar-refractivity contribution in [2.45, 2.75) is 71.0 Å². The summed E-state index contributed by atoms with van der Waals surface area (Å²) in [5, 5.41) is 0. The fraction of sp³-hybridized carbons (Fsp3) is 0.938. The van der Waals surface area contributed by atoms with Crippen LogP contribution < -0.4 is 0 Å². The SMILES string of the molecule is CCC1CCCC12OCCO2.CCC1CCCC1=O. The van der Waals surface area contributed by atoms with Crippen molar-refractivity contribution in [1.29, 1.82) is 0 Å². The van der Waals surface area contributed by atoms with Crippen molar-refractivity contribution in [2.24, 2.45) is 11.8 Å². The summed E-state index contributed by atoms with van der Waals surface area (Å²) in [7, 11) is 0. The lowest BCUT2D eigenvalue weighted by Gasteiger charge is -2.28. The standard InChI is InChI=1S/C9H16O2.C7H12O/c1-2-8-4-3-5-9(8)10-6-7-11-9;1-2-6-4-3-5-7(6)8/h8H,2-7H2,1H3;6H,2-5H2,1H3. The first-order valence-corrected chi connectivity index (χ1v) is 8.02. The van der Waals surface area contributed by atoms with Gasteiger partial charge in [-0.1, -0.05) is 13.8 Å². The summed E-state index contributed by atoms with van der Waals surface area (Å²) < 4.78 is 11.4. The summed E-state index contributed by atoms with van der Waals surface area (Å²) in [4.78, 5) is 10.8. The van der Waals surface area contributed by atoms with Gasteiger partial charge in [0.2, 0.25) is 0 Å². The van der Waals surface area contributed by atoms with Gasteiger partial charge in [0.1, 0.15) is 5.78 Å². The molecule has 110 valence electrons. The van der Waals surface area contributed by atoms with Gasteiger partial charge in [-0.25, -0.2) is 0 Å². The molecule has 3 aliphatic rings. The molecule has 2 atom stereocenters. The molecule has 2 saturated carbocycles. The predicted molar refractivity (Wildman–Crippen MR) is 74.9 cm³/mol. The Balaban J connectivity index is 0.000000148. The molecule has 3 fully saturated rings. The summed E-state index contributed by atoms with van der Waals surface area (Å²) in [6.07, 6.45) is 9.06. The van der Waals surface area contributed by atoms with Crippen LogP contribution in [0.1, 0.15) is 65.2 Å². The molecular formula is C16H28O3. The molecule has 2 aliphatic carbocycles. The summed E-state index contributed by atoms with van der Waals surface area (Å²) in [6, 6.07) is 0. The van der Waals surface area contributed by atoms with Gasteiger partial charge in [-0.2, -0.15) is 0 Å². The van der Waals surface area contributed by atoms with E-state index in [0.717, 1.165) is 45.3 Å². The Morgan fingerprint density at radius 1 is 1.11 bits per heavy atom. The van der Waals surface area contributed by atoms with Crippen molar-refractivity contribution in [3.63, 3.8) is 0 Å². The van der Waals surface area contributed by atoms with Crippen LogP contribution >= 0.6 is 0 Å². The van der Waals surface area contributed by atoms with E-state index < -0.39 is 0 Å². The van der Waals surface area contributed by atoms with Gasteiger partial charge in [0.15, 0.2) is 5.79 Å². The highest BCUT2D eigenvalue weighted by Gasteiger charge is 2.46. The molecule has 0 bridgehead atoms. The Hall–Kier alpha value is -0.410. The van der Waals surface area contributed by atoms with Crippen molar-refractivity contribution < 1.29 is 14.3 Å². The molecule has 0 amide bonds. The highest BCUT2D eigenvalue weighted by molar-refractivity contribution is 5.82. The normalized spacial score (nSPS) is 32.6. The fourth-order valence-corrected chi connectivity index (χ4v) is 3.70. The molecule has 3 heteroatoms. The number of carbonyl (C=O) groups is 1. The molecule has 0 aromatic carbocycles. The van der Waals surface area contributed by atoms with Crippen LogP contribution in [-0.4, -0.2) is 24.8 Å². The van der Waals surface area contributed by atoms with E-state index in [9.17, 15) is 4.79 Å². The molecule has 1 aliphatic heterocycles. The van der Waals surface area contributed by atoms with Crippen LogP contribution in [0, 0.1) is 11.8 Å². The second kappa shape index (κ2) is 6.85. The third kappa shape index (κ3) is 3.38. The molecule has 0 aromatic heterocycles. The minimum Gasteiger partial charge on any atom is -0.347 e. The molecular weight excluding hydrogens is 240 g/mol. The molecule has 2 unspecified atom stereocenters. The van der Waals surface area contributed by atoms with E-state index in [1.165, 1.54) is 19.3 Å². The maximum atomic E-state index is 10.8. The molecule has 1 spiro atoms. The largest absolute Gasteiger partial charge is 0.347 e. The van der Waals surface area contributed by atoms with E-state index >= 15 is 0 Å². The molecule has 0 N–H and O–H groups in total. The van der Waals surface area contributed by atoms with Crippen molar-refractivity contribution in [2.75, 3.05) is 13.2 Å². The minimum absolute atomic E-state index is 0.144. The molecule has 0 radical (unpaired) electrons. The van der Waals surface area contributed by atoms with Gasteiger partial charge >= 0.3 is 0 Å². The predicted octanol–water partition coefficient (Wildman–Crippen LogP) is 3.71. The molecule has 3 rings (SSSR count). The van der Waals surface area contributed by atoms with E-state index in [4.69, 9.17) is 9.47 Å². The average molecular weight is 268 g/mol. The number of carbonyl (C=O) groups excluding carboxylic acids is 1. The minimum atomic E-state index is -0.144. The Bertz CT molecular complexity index is 289. The second-order valence-corrected chi connectivity index (χ2v) is 5.97. The highest BCUT2D eigenvalue weighted by Crippen LogP contribution is 2.43. The smallest absolute Gasteiger partial charge is 0.171 e. The average Bonchev–Trinajstić information content (AvgIpc) is 3.13. The van der Waals surface area contributed by atoms with Gasteiger partial charge in [-0.05, 0) is 38.5 Å². The van der Waals surface area contributed by atoms with E-state index in [1.54, 1.807) is 0 Å². The number of ketones is 1. The fourth-order valence-electron chi connectivity index (χ4n) is 3.70. The Kier molecular flexibility index (Phi) is 5.40. The Morgan fingerprint density at radius 3 is 2.32 bits per heavy atom. The zero-order valence-corrected chi connectivity index (χ0v) is 12.5. The molecule has 19 heavy (non-hydrogen) atoms. The van der Waals surface area contributed by atoms with Crippen molar-refractivity contribution in [3.8, 4) is 0 Å². The Labute approximate surface area is 117 Å². The number of hydrogen-bond acceptors (Lipinski definition) is 3. The maximum absolute atomic E-state index is 10.8. The monoisotopic (exact) mass is 268 g/mol. The molecule has 0 aromatic rings. The number of ether oxygens (including phenoxy) is 2. The van der Waals surface area contributed by atoms with Gasteiger partial charge in [-0.15, -0.1) is 0 Å². The van der Waals surface area contributed by atoms with E-state index in [1.807, 2.05) is 0 Å². The van der Waals surface area contributed by atoms with Gasteiger partial charge < -0.3 is 9.47 Å². The number of Topliss-reactive ketones (excluding diaryl/α,β-unsaturated/α-hetero) is 1. The van der Waals surface area contributed by atoms with E-state index in [0.29, 0.717) is 17.6 Å².